The molecule has 0 aromatic carbocycles. The van der Waals surface area contributed by atoms with Crippen LogP contribution < -0.4 is 4.90 Å². The highest BCUT2D eigenvalue weighted by Crippen LogP contribution is 2.34. The lowest BCUT2D eigenvalue weighted by Gasteiger charge is -2.35. The molecule has 5 rings (SSSR count). The van der Waals surface area contributed by atoms with Crippen molar-refractivity contribution in [3.05, 3.63) is 59.7 Å². The fourth-order valence-corrected chi connectivity index (χ4v) is 5.34. The first-order valence-electron chi connectivity index (χ1n) is 12.2. The van der Waals surface area contributed by atoms with Crippen LogP contribution in [-0.2, 0) is 13.0 Å². The molecular weight excluding hydrogens is 396 g/mol. The summed E-state index contributed by atoms with van der Waals surface area (Å²) in [6, 6.07) is 11.2. The highest BCUT2D eigenvalue weighted by atomic mass is 15.3. The molecule has 1 atom stereocenters. The first-order valence-corrected chi connectivity index (χ1v) is 12.2. The van der Waals surface area contributed by atoms with Gasteiger partial charge in [-0.3, -0.25) is 14.3 Å². The number of aryl methyl sites for hydroxylation is 1. The van der Waals surface area contributed by atoms with Crippen molar-refractivity contribution in [2.45, 2.75) is 45.7 Å². The number of fused-ring (bicyclic) bond motifs is 2. The Morgan fingerprint density at radius 3 is 2.75 bits per heavy atom. The molecule has 2 aliphatic rings. The zero-order chi connectivity index (χ0) is 22.1. The molecule has 32 heavy (non-hydrogen) atoms. The minimum atomic E-state index is 0.379. The van der Waals surface area contributed by atoms with E-state index in [1.807, 2.05) is 6.20 Å². The van der Waals surface area contributed by atoms with Gasteiger partial charge in [-0.15, -0.1) is 0 Å². The maximum atomic E-state index is 5.04. The Labute approximate surface area is 191 Å². The summed E-state index contributed by atoms with van der Waals surface area (Å²) < 4.78 is 2.29. The van der Waals surface area contributed by atoms with E-state index in [0.717, 1.165) is 57.0 Å². The predicted molar refractivity (Wildman–Crippen MR) is 130 cm³/mol. The summed E-state index contributed by atoms with van der Waals surface area (Å²) >= 11 is 0. The molecule has 6 nitrogen and oxygen atoms in total. The average Bonchev–Trinajstić information content (AvgIpc) is 3.21. The van der Waals surface area contributed by atoms with Gasteiger partial charge < -0.3 is 9.80 Å². The number of aromatic nitrogens is 3. The molecule has 6 heteroatoms. The molecule has 0 amide bonds. The third kappa shape index (κ3) is 4.39. The van der Waals surface area contributed by atoms with E-state index in [0.29, 0.717) is 12.0 Å². The second-order valence-corrected chi connectivity index (χ2v) is 9.91. The van der Waals surface area contributed by atoms with Crippen LogP contribution in [0.5, 0.6) is 0 Å². The lowest BCUT2D eigenvalue weighted by Crippen LogP contribution is -2.45. The van der Waals surface area contributed by atoms with Crippen molar-refractivity contribution in [3.63, 3.8) is 0 Å². The molecule has 0 saturated carbocycles. The van der Waals surface area contributed by atoms with E-state index in [2.05, 4.69) is 76.5 Å². The SMILES string of the molecule is CC(C)CN(Cc1cn2c(N3CCN(C)CC3)cccc2n1)[C@H]1CCCc2cccnc21. The van der Waals surface area contributed by atoms with Crippen molar-refractivity contribution in [2.24, 2.45) is 5.92 Å². The third-order valence-electron chi connectivity index (χ3n) is 6.92. The first kappa shape index (κ1) is 21.4. The van der Waals surface area contributed by atoms with Crippen molar-refractivity contribution >= 4 is 11.5 Å². The van der Waals surface area contributed by atoms with Gasteiger partial charge in [0, 0.05) is 51.7 Å². The third-order valence-corrected chi connectivity index (χ3v) is 6.92. The van der Waals surface area contributed by atoms with Gasteiger partial charge in [-0.25, -0.2) is 4.98 Å². The second-order valence-electron chi connectivity index (χ2n) is 9.91. The summed E-state index contributed by atoms with van der Waals surface area (Å²) in [5.74, 6) is 1.86. The largest absolute Gasteiger partial charge is 0.355 e. The Kier molecular flexibility index (Phi) is 6.15. The van der Waals surface area contributed by atoms with Crippen molar-refractivity contribution < 1.29 is 0 Å². The van der Waals surface area contributed by atoms with Crippen LogP contribution in [0.2, 0.25) is 0 Å². The molecule has 0 N–H and O–H groups in total. The fraction of sp³-hybridized carbons (Fsp3) is 0.538. The monoisotopic (exact) mass is 432 g/mol. The van der Waals surface area contributed by atoms with Crippen molar-refractivity contribution in [1.82, 2.24) is 24.2 Å². The average molecular weight is 433 g/mol. The van der Waals surface area contributed by atoms with Gasteiger partial charge in [-0.05, 0) is 56.0 Å². The van der Waals surface area contributed by atoms with Gasteiger partial charge in [-0.2, -0.15) is 0 Å². The van der Waals surface area contributed by atoms with E-state index in [-0.39, 0.29) is 0 Å². The zero-order valence-corrected chi connectivity index (χ0v) is 19.7. The van der Waals surface area contributed by atoms with Crippen molar-refractivity contribution in [3.8, 4) is 0 Å². The number of rotatable bonds is 6. The molecule has 1 aliphatic heterocycles. The second kappa shape index (κ2) is 9.20. The fourth-order valence-electron chi connectivity index (χ4n) is 5.34. The van der Waals surface area contributed by atoms with Gasteiger partial charge in [0.25, 0.3) is 0 Å². The smallest absolute Gasteiger partial charge is 0.138 e. The summed E-state index contributed by atoms with van der Waals surface area (Å²) in [5.41, 5.74) is 4.89. The topological polar surface area (TPSA) is 39.9 Å². The summed E-state index contributed by atoms with van der Waals surface area (Å²) in [4.78, 5) is 17.4. The Bertz CT molecular complexity index is 1050. The van der Waals surface area contributed by atoms with E-state index < -0.39 is 0 Å². The van der Waals surface area contributed by atoms with Gasteiger partial charge in [-0.1, -0.05) is 26.0 Å². The molecule has 170 valence electrons. The molecule has 0 spiro atoms. The molecule has 0 bridgehead atoms. The number of hydrogen-bond acceptors (Lipinski definition) is 5. The first-order chi connectivity index (χ1) is 15.6. The number of nitrogens with zero attached hydrogens (tertiary/aromatic N) is 6. The Morgan fingerprint density at radius 2 is 1.94 bits per heavy atom. The van der Waals surface area contributed by atoms with Crippen LogP contribution in [0, 0.1) is 5.92 Å². The normalized spacial score (nSPS) is 19.8. The van der Waals surface area contributed by atoms with Crippen LogP contribution in [-0.4, -0.2) is 63.9 Å². The van der Waals surface area contributed by atoms with E-state index in [9.17, 15) is 0 Å². The Hall–Kier alpha value is -2.44. The molecule has 1 fully saturated rings. The Morgan fingerprint density at radius 1 is 1.09 bits per heavy atom. The summed E-state index contributed by atoms with van der Waals surface area (Å²) in [7, 11) is 2.20. The van der Waals surface area contributed by atoms with E-state index in [1.54, 1.807) is 0 Å². The van der Waals surface area contributed by atoms with Gasteiger partial charge in [0.1, 0.15) is 11.5 Å². The van der Waals surface area contributed by atoms with Crippen LogP contribution >= 0.6 is 0 Å². The molecule has 0 unspecified atom stereocenters. The summed E-state index contributed by atoms with van der Waals surface area (Å²) in [6.07, 6.45) is 7.78. The molecule has 1 saturated heterocycles. The quantitative estimate of drug-likeness (QED) is 0.588. The van der Waals surface area contributed by atoms with Gasteiger partial charge >= 0.3 is 0 Å². The van der Waals surface area contributed by atoms with Crippen LogP contribution in [0.15, 0.2) is 42.7 Å². The lowest BCUT2D eigenvalue weighted by atomic mass is 9.90. The highest BCUT2D eigenvalue weighted by molar-refractivity contribution is 5.53. The maximum Gasteiger partial charge on any atom is 0.138 e. The maximum absolute atomic E-state index is 5.04. The van der Waals surface area contributed by atoms with Gasteiger partial charge in [0.15, 0.2) is 0 Å². The molecule has 3 aromatic heterocycles. The van der Waals surface area contributed by atoms with Crippen LogP contribution in [0.4, 0.5) is 5.82 Å². The predicted octanol–water partition coefficient (Wildman–Crippen LogP) is 4.02. The van der Waals surface area contributed by atoms with Gasteiger partial charge in [0.2, 0.25) is 0 Å². The number of imidazole rings is 1. The minimum absolute atomic E-state index is 0.379. The number of pyridine rings is 2. The molecular formula is C26H36N6. The van der Waals surface area contributed by atoms with Crippen molar-refractivity contribution in [2.75, 3.05) is 44.7 Å². The number of hydrogen-bond donors (Lipinski definition) is 0. The molecule has 0 radical (unpaired) electrons. The number of anilines is 1. The van der Waals surface area contributed by atoms with E-state index >= 15 is 0 Å². The van der Waals surface area contributed by atoms with Gasteiger partial charge in [0.05, 0.1) is 17.4 Å². The Balaban J connectivity index is 1.43. The van der Waals surface area contributed by atoms with Crippen LogP contribution in [0.3, 0.4) is 0 Å². The van der Waals surface area contributed by atoms with E-state index in [4.69, 9.17) is 9.97 Å². The van der Waals surface area contributed by atoms with Crippen LogP contribution in [0.1, 0.15) is 49.7 Å². The zero-order valence-electron chi connectivity index (χ0n) is 19.7. The van der Waals surface area contributed by atoms with E-state index in [1.165, 1.54) is 29.9 Å². The molecule has 1 aliphatic carbocycles. The number of piperazine rings is 1. The minimum Gasteiger partial charge on any atom is -0.355 e. The summed E-state index contributed by atoms with van der Waals surface area (Å²) in [6.45, 7) is 10.9. The molecule has 3 aromatic rings. The lowest BCUT2D eigenvalue weighted by molar-refractivity contribution is 0.146. The summed E-state index contributed by atoms with van der Waals surface area (Å²) in [5, 5.41) is 0. The van der Waals surface area contributed by atoms with Crippen molar-refractivity contribution in [1.29, 1.82) is 0 Å². The highest BCUT2D eigenvalue weighted by Gasteiger charge is 2.28. The number of likely N-dealkylation sites (N-methyl/N-ethyl adjacent to an activating group) is 1. The molecule has 4 heterocycles. The standard InChI is InChI=1S/C26H36N6/c1-20(2)17-31(23-9-4-7-21-8-6-12-27-26(21)23)18-22-19-32-24(28-22)10-5-11-25(32)30-15-13-29(3)14-16-30/h5-6,8,10-12,19-20,23H,4,7,9,13-18H2,1-3H3/t23-/m0/s1. The van der Waals surface area contributed by atoms with Crippen LogP contribution in [0.25, 0.3) is 5.65 Å².